The maximum atomic E-state index is 5.32. The fraction of sp³-hybridized carbons (Fsp3) is 1.00. The highest BCUT2D eigenvalue weighted by Crippen LogP contribution is 2.19. The maximum Gasteiger partial charge on any atom is 0.0615 e. The molecule has 0 aromatic carbocycles. The van der Waals surface area contributed by atoms with Gasteiger partial charge in [-0.2, -0.15) is 0 Å². The summed E-state index contributed by atoms with van der Waals surface area (Å²) in [5, 5.41) is 3.67. The number of nitrogens with zero attached hydrogens (tertiary/aromatic N) is 1. The van der Waals surface area contributed by atoms with E-state index in [0.29, 0.717) is 18.1 Å². The quantitative estimate of drug-likeness (QED) is 0.772. The minimum Gasteiger partial charge on any atom is -0.383 e. The van der Waals surface area contributed by atoms with Crippen LogP contribution in [0.2, 0.25) is 0 Å². The van der Waals surface area contributed by atoms with Crippen LogP contribution in [-0.2, 0) is 4.74 Å². The lowest BCUT2D eigenvalue weighted by molar-refractivity contribution is 0.0332. The van der Waals surface area contributed by atoms with Crippen LogP contribution < -0.4 is 5.32 Å². The molecule has 1 aliphatic rings. The van der Waals surface area contributed by atoms with Crippen molar-refractivity contribution in [2.75, 3.05) is 26.8 Å². The molecule has 1 heterocycles. The van der Waals surface area contributed by atoms with Crippen molar-refractivity contribution < 1.29 is 4.74 Å². The molecule has 1 aliphatic heterocycles. The Kier molecular flexibility index (Phi) is 6.45. The number of methoxy groups -OCH3 is 1. The second-order valence-corrected chi connectivity index (χ2v) is 5.80. The first-order chi connectivity index (χ1) is 8.08. The van der Waals surface area contributed by atoms with Gasteiger partial charge < -0.3 is 10.1 Å². The molecule has 0 radical (unpaired) electrons. The lowest BCUT2D eigenvalue weighted by atomic mass is 9.97. The van der Waals surface area contributed by atoms with Crippen LogP contribution in [0.15, 0.2) is 0 Å². The Morgan fingerprint density at radius 2 is 2.06 bits per heavy atom. The van der Waals surface area contributed by atoms with Gasteiger partial charge in [-0.3, -0.25) is 4.90 Å². The number of rotatable bonds is 6. The third-order valence-electron chi connectivity index (χ3n) is 3.75. The van der Waals surface area contributed by atoms with Crippen LogP contribution in [0.5, 0.6) is 0 Å². The number of hydrogen-bond donors (Lipinski definition) is 1. The van der Waals surface area contributed by atoms with Gasteiger partial charge in [0.1, 0.15) is 0 Å². The van der Waals surface area contributed by atoms with Gasteiger partial charge in [0.25, 0.3) is 0 Å². The molecule has 17 heavy (non-hydrogen) atoms. The summed E-state index contributed by atoms with van der Waals surface area (Å²) in [5.74, 6) is 0.761. The van der Waals surface area contributed by atoms with Gasteiger partial charge in [-0.25, -0.2) is 0 Å². The van der Waals surface area contributed by atoms with Crippen LogP contribution in [-0.4, -0.2) is 49.8 Å². The zero-order valence-corrected chi connectivity index (χ0v) is 12.2. The highest BCUT2D eigenvalue weighted by Gasteiger charge is 2.30. The molecule has 0 aliphatic carbocycles. The second-order valence-electron chi connectivity index (χ2n) is 5.80. The molecular weight excluding hydrogens is 212 g/mol. The topological polar surface area (TPSA) is 24.5 Å². The van der Waals surface area contributed by atoms with E-state index in [-0.39, 0.29) is 0 Å². The Hall–Kier alpha value is -0.120. The minimum atomic E-state index is 0.528. The summed E-state index contributed by atoms with van der Waals surface area (Å²) in [6.45, 7) is 12.3. The largest absolute Gasteiger partial charge is 0.383 e. The molecule has 0 saturated carbocycles. The van der Waals surface area contributed by atoms with E-state index in [1.54, 1.807) is 7.11 Å². The van der Waals surface area contributed by atoms with E-state index >= 15 is 0 Å². The first kappa shape index (κ1) is 14.9. The van der Waals surface area contributed by atoms with Gasteiger partial charge in [0.2, 0.25) is 0 Å². The summed E-state index contributed by atoms with van der Waals surface area (Å²) < 4.78 is 5.32. The number of nitrogens with one attached hydrogen (secondary N) is 1. The smallest absolute Gasteiger partial charge is 0.0615 e. The van der Waals surface area contributed by atoms with Crippen LogP contribution in [0.3, 0.4) is 0 Å². The molecule has 1 rings (SSSR count). The molecule has 3 nitrogen and oxygen atoms in total. The summed E-state index contributed by atoms with van der Waals surface area (Å²) in [6, 6.07) is 1.85. The average molecular weight is 242 g/mol. The van der Waals surface area contributed by atoms with Gasteiger partial charge in [0, 0.05) is 38.3 Å². The number of hydrogen-bond acceptors (Lipinski definition) is 3. The third kappa shape index (κ3) is 4.57. The van der Waals surface area contributed by atoms with Gasteiger partial charge >= 0.3 is 0 Å². The van der Waals surface area contributed by atoms with Crippen molar-refractivity contribution in [3.63, 3.8) is 0 Å². The standard InChI is InChI=1S/C14H30N2O/c1-6-13-9-16(12(4)10-17-5)14(8-15-13)7-11(2)3/h11-15H,6-10H2,1-5H3. The summed E-state index contributed by atoms with van der Waals surface area (Å²) in [5.41, 5.74) is 0. The molecule has 1 fully saturated rings. The van der Waals surface area contributed by atoms with Crippen molar-refractivity contribution in [2.24, 2.45) is 5.92 Å². The molecule has 102 valence electrons. The average Bonchev–Trinajstić information content (AvgIpc) is 2.29. The van der Waals surface area contributed by atoms with Crippen LogP contribution >= 0.6 is 0 Å². The molecule has 0 spiro atoms. The zero-order valence-electron chi connectivity index (χ0n) is 12.2. The second kappa shape index (κ2) is 7.34. The SMILES string of the molecule is CCC1CN(C(C)COC)C(CC(C)C)CN1. The first-order valence-electron chi connectivity index (χ1n) is 7.06. The van der Waals surface area contributed by atoms with Crippen molar-refractivity contribution >= 4 is 0 Å². The molecule has 3 atom stereocenters. The fourth-order valence-corrected chi connectivity index (χ4v) is 2.80. The fourth-order valence-electron chi connectivity index (χ4n) is 2.80. The van der Waals surface area contributed by atoms with Gasteiger partial charge in [-0.1, -0.05) is 20.8 Å². The lowest BCUT2D eigenvalue weighted by Crippen LogP contribution is -2.59. The summed E-state index contributed by atoms with van der Waals surface area (Å²) in [6.07, 6.45) is 2.49. The first-order valence-corrected chi connectivity index (χ1v) is 7.06. The Labute approximate surface area is 107 Å². The summed E-state index contributed by atoms with van der Waals surface area (Å²) in [4.78, 5) is 2.65. The Bertz CT molecular complexity index is 208. The molecule has 0 amide bonds. The van der Waals surface area contributed by atoms with E-state index in [4.69, 9.17) is 4.74 Å². The molecule has 1 saturated heterocycles. The third-order valence-corrected chi connectivity index (χ3v) is 3.75. The summed E-state index contributed by atoms with van der Waals surface area (Å²) >= 11 is 0. The van der Waals surface area contributed by atoms with Gasteiger partial charge in [0.15, 0.2) is 0 Å². The normalized spacial score (nSPS) is 28.6. The van der Waals surface area contributed by atoms with Crippen LogP contribution in [0.25, 0.3) is 0 Å². The maximum absolute atomic E-state index is 5.32. The molecule has 3 unspecified atom stereocenters. The molecule has 0 aromatic rings. The van der Waals surface area contributed by atoms with E-state index < -0.39 is 0 Å². The van der Waals surface area contributed by atoms with Crippen molar-refractivity contribution in [1.82, 2.24) is 10.2 Å². The summed E-state index contributed by atoms with van der Waals surface area (Å²) in [7, 11) is 1.80. The van der Waals surface area contributed by atoms with E-state index in [0.717, 1.165) is 19.1 Å². The molecule has 1 N–H and O–H groups in total. The Morgan fingerprint density at radius 3 is 2.59 bits per heavy atom. The van der Waals surface area contributed by atoms with Crippen molar-refractivity contribution in [3.05, 3.63) is 0 Å². The van der Waals surface area contributed by atoms with E-state index in [1.165, 1.54) is 19.4 Å². The van der Waals surface area contributed by atoms with E-state index in [2.05, 4.69) is 37.9 Å². The van der Waals surface area contributed by atoms with Gasteiger partial charge in [-0.05, 0) is 25.7 Å². The lowest BCUT2D eigenvalue weighted by Gasteiger charge is -2.44. The Balaban J connectivity index is 2.60. The molecular formula is C14H30N2O. The Morgan fingerprint density at radius 1 is 1.35 bits per heavy atom. The van der Waals surface area contributed by atoms with E-state index in [1.807, 2.05) is 0 Å². The van der Waals surface area contributed by atoms with Crippen molar-refractivity contribution in [2.45, 2.75) is 58.7 Å². The number of ether oxygens (including phenoxy) is 1. The van der Waals surface area contributed by atoms with Crippen LogP contribution in [0, 0.1) is 5.92 Å². The molecule has 0 bridgehead atoms. The highest BCUT2D eigenvalue weighted by molar-refractivity contribution is 4.88. The predicted octanol–water partition coefficient (Wildman–Crippen LogP) is 2.12. The van der Waals surface area contributed by atoms with E-state index in [9.17, 15) is 0 Å². The van der Waals surface area contributed by atoms with Crippen molar-refractivity contribution in [3.8, 4) is 0 Å². The zero-order chi connectivity index (χ0) is 12.8. The van der Waals surface area contributed by atoms with Gasteiger partial charge in [0.05, 0.1) is 6.61 Å². The van der Waals surface area contributed by atoms with Crippen molar-refractivity contribution in [1.29, 1.82) is 0 Å². The molecule has 3 heteroatoms. The minimum absolute atomic E-state index is 0.528. The highest BCUT2D eigenvalue weighted by atomic mass is 16.5. The van der Waals surface area contributed by atoms with Crippen LogP contribution in [0.1, 0.15) is 40.5 Å². The monoisotopic (exact) mass is 242 g/mol. The number of piperazine rings is 1. The van der Waals surface area contributed by atoms with Gasteiger partial charge in [-0.15, -0.1) is 0 Å². The van der Waals surface area contributed by atoms with Crippen LogP contribution in [0.4, 0.5) is 0 Å². The predicted molar refractivity (Wildman–Crippen MR) is 73.4 cm³/mol. The molecule has 0 aromatic heterocycles.